The van der Waals surface area contributed by atoms with Crippen LogP contribution in [0.5, 0.6) is 5.75 Å². The smallest absolute Gasteiger partial charge is 0.126 e. The third kappa shape index (κ3) is 1.75. The minimum Gasteiger partial charge on any atom is -0.497 e. The quantitative estimate of drug-likeness (QED) is 0.726. The van der Waals surface area contributed by atoms with Gasteiger partial charge in [-0.2, -0.15) is 5.26 Å². The number of ether oxygens (including phenoxy) is 1. The summed E-state index contributed by atoms with van der Waals surface area (Å²) in [6.07, 6.45) is 0. The maximum atomic E-state index is 8.96. The topological polar surface area (TPSA) is 36.3 Å². The number of nitriles is 1. The van der Waals surface area contributed by atoms with E-state index in [4.69, 9.17) is 10.00 Å². The zero-order valence-corrected chi connectivity index (χ0v) is 9.54. The molecule has 1 atom stereocenters. The zero-order chi connectivity index (χ0) is 10.8. The van der Waals surface area contributed by atoms with Crippen molar-refractivity contribution in [2.24, 2.45) is 0 Å². The zero-order valence-electron chi connectivity index (χ0n) is 8.73. The van der Waals surface area contributed by atoms with E-state index in [9.17, 15) is 0 Å². The van der Waals surface area contributed by atoms with E-state index >= 15 is 0 Å². The van der Waals surface area contributed by atoms with Crippen molar-refractivity contribution in [3.05, 3.63) is 18.2 Å². The highest BCUT2D eigenvalue weighted by atomic mass is 32.2. The van der Waals surface area contributed by atoms with E-state index in [1.165, 1.54) is 4.90 Å². The van der Waals surface area contributed by atoms with E-state index < -0.39 is 0 Å². The van der Waals surface area contributed by atoms with Crippen molar-refractivity contribution < 1.29 is 4.74 Å². The first-order valence-corrected chi connectivity index (χ1v) is 5.68. The summed E-state index contributed by atoms with van der Waals surface area (Å²) in [7, 11) is 3.62. The van der Waals surface area contributed by atoms with Crippen LogP contribution in [0.4, 0.5) is 5.69 Å². The number of anilines is 1. The molecule has 15 heavy (non-hydrogen) atoms. The fourth-order valence-corrected chi connectivity index (χ4v) is 2.80. The van der Waals surface area contributed by atoms with Crippen molar-refractivity contribution in [1.29, 1.82) is 5.26 Å². The molecule has 0 aromatic heterocycles. The molecule has 0 fully saturated rings. The average molecular weight is 220 g/mol. The van der Waals surface area contributed by atoms with Crippen LogP contribution in [0.3, 0.4) is 0 Å². The van der Waals surface area contributed by atoms with Crippen molar-refractivity contribution in [2.75, 3.05) is 24.8 Å². The molecule has 0 saturated heterocycles. The monoisotopic (exact) mass is 220 g/mol. The van der Waals surface area contributed by atoms with Gasteiger partial charge in [-0.25, -0.2) is 0 Å². The summed E-state index contributed by atoms with van der Waals surface area (Å²) in [4.78, 5) is 3.20. The van der Waals surface area contributed by atoms with Crippen molar-refractivity contribution in [2.45, 2.75) is 10.9 Å². The van der Waals surface area contributed by atoms with Crippen molar-refractivity contribution in [1.82, 2.24) is 0 Å². The molecule has 1 aliphatic heterocycles. The molecule has 0 amide bonds. The summed E-state index contributed by atoms with van der Waals surface area (Å²) in [6, 6.07) is 8.21. The van der Waals surface area contributed by atoms with Crippen LogP contribution in [0.25, 0.3) is 0 Å². The molecule has 78 valence electrons. The summed E-state index contributed by atoms with van der Waals surface area (Å²) < 4.78 is 5.17. The van der Waals surface area contributed by atoms with Gasteiger partial charge >= 0.3 is 0 Å². The van der Waals surface area contributed by atoms with Gasteiger partial charge in [0.1, 0.15) is 11.8 Å². The summed E-state index contributed by atoms with van der Waals surface area (Å²) in [6.45, 7) is 0. The van der Waals surface area contributed by atoms with Gasteiger partial charge in [0.25, 0.3) is 0 Å². The van der Waals surface area contributed by atoms with E-state index in [0.29, 0.717) is 0 Å². The highest BCUT2D eigenvalue weighted by Crippen LogP contribution is 2.38. The second-order valence-corrected chi connectivity index (χ2v) is 4.46. The van der Waals surface area contributed by atoms with Crippen molar-refractivity contribution in [3.8, 4) is 11.8 Å². The van der Waals surface area contributed by atoms with Gasteiger partial charge in [-0.15, -0.1) is 11.8 Å². The molecule has 0 saturated carbocycles. The largest absolute Gasteiger partial charge is 0.497 e. The van der Waals surface area contributed by atoms with Crippen LogP contribution in [0.1, 0.15) is 0 Å². The molecular formula is C11H12N2OS. The van der Waals surface area contributed by atoms with Gasteiger partial charge in [0.15, 0.2) is 0 Å². The maximum absolute atomic E-state index is 8.96. The van der Waals surface area contributed by atoms with Crippen molar-refractivity contribution in [3.63, 3.8) is 0 Å². The lowest BCUT2D eigenvalue weighted by atomic mass is 10.2. The Morgan fingerprint density at radius 1 is 1.60 bits per heavy atom. The molecule has 0 bridgehead atoms. The number of hydrogen-bond acceptors (Lipinski definition) is 4. The Labute approximate surface area is 93.6 Å². The van der Waals surface area contributed by atoms with Gasteiger partial charge in [0, 0.05) is 17.7 Å². The van der Waals surface area contributed by atoms with E-state index in [1.54, 1.807) is 18.9 Å². The normalized spacial score (nSPS) is 19.3. The predicted molar refractivity (Wildman–Crippen MR) is 61.5 cm³/mol. The third-order valence-corrected chi connectivity index (χ3v) is 3.68. The molecule has 1 unspecified atom stereocenters. The Hall–Kier alpha value is -1.34. The van der Waals surface area contributed by atoms with Crippen LogP contribution in [-0.4, -0.2) is 26.0 Å². The Morgan fingerprint density at radius 3 is 3.07 bits per heavy atom. The SMILES string of the molecule is COc1ccc2c(c1)SCC(C#N)N2C. The molecule has 1 aliphatic rings. The lowest BCUT2D eigenvalue weighted by Crippen LogP contribution is -2.35. The summed E-state index contributed by atoms with van der Waals surface area (Å²) in [5, 5.41) is 8.96. The van der Waals surface area contributed by atoms with E-state index in [2.05, 4.69) is 6.07 Å². The van der Waals surface area contributed by atoms with Gasteiger partial charge < -0.3 is 9.64 Å². The number of rotatable bonds is 1. The fourth-order valence-electron chi connectivity index (χ4n) is 1.60. The number of methoxy groups -OCH3 is 1. The van der Waals surface area contributed by atoms with E-state index in [0.717, 1.165) is 17.2 Å². The average Bonchev–Trinajstić information content (AvgIpc) is 2.29. The highest BCUT2D eigenvalue weighted by molar-refractivity contribution is 7.99. The lowest BCUT2D eigenvalue weighted by Gasteiger charge is -2.31. The molecule has 2 rings (SSSR count). The van der Waals surface area contributed by atoms with Gasteiger partial charge in [-0.3, -0.25) is 0 Å². The number of hydrogen-bond donors (Lipinski definition) is 0. The van der Waals surface area contributed by atoms with E-state index in [-0.39, 0.29) is 6.04 Å². The summed E-state index contributed by atoms with van der Waals surface area (Å²) in [5.41, 5.74) is 1.11. The fraction of sp³-hybridized carbons (Fsp3) is 0.364. The van der Waals surface area contributed by atoms with Crippen LogP contribution < -0.4 is 9.64 Å². The minimum atomic E-state index is -0.0316. The van der Waals surface area contributed by atoms with Crippen LogP contribution in [0.2, 0.25) is 0 Å². The van der Waals surface area contributed by atoms with Gasteiger partial charge in [-0.05, 0) is 18.2 Å². The number of nitrogens with zero attached hydrogens (tertiary/aromatic N) is 2. The summed E-state index contributed by atoms with van der Waals surface area (Å²) >= 11 is 1.71. The first-order valence-electron chi connectivity index (χ1n) is 4.69. The molecule has 1 aromatic carbocycles. The molecule has 0 N–H and O–H groups in total. The van der Waals surface area contributed by atoms with Gasteiger partial charge in [0.2, 0.25) is 0 Å². The Balaban J connectivity index is 2.38. The Kier molecular flexibility index (Phi) is 2.74. The lowest BCUT2D eigenvalue weighted by molar-refractivity contribution is 0.413. The number of thioether (sulfide) groups is 1. The third-order valence-electron chi connectivity index (χ3n) is 2.56. The second-order valence-electron chi connectivity index (χ2n) is 3.40. The van der Waals surface area contributed by atoms with E-state index in [1.807, 2.05) is 30.1 Å². The van der Waals surface area contributed by atoms with Crippen LogP contribution in [0, 0.1) is 11.3 Å². The maximum Gasteiger partial charge on any atom is 0.126 e. The molecule has 4 heteroatoms. The number of fused-ring (bicyclic) bond motifs is 1. The predicted octanol–water partition coefficient (Wildman–Crippen LogP) is 2.13. The first-order chi connectivity index (χ1) is 7.26. The minimum absolute atomic E-state index is 0.0316. The molecule has 3 nitrogen and oxygen atoms in total. The first kappa shape index (κ1) is 10.2. The standard InChI is InChI=1S/C11H12N2OS/c1-13-8(6-12)7-15-11-5-9(14-2)3-4-10(11)13/h3-5,8H,7H2,1-2H3. The van der Waals surface area contributed by atoms with Crippen molar-refractivity contribution >= 4 is 17.4 Å². The molecule has 0 aliphatic carbocycles. The highest BCUT2D eigenvalue weighted by Gasteiger charge is 2.23. The van der Waals surface area contributed by atoms with Crippen LogP contribution >= 0.6 is 11.8 Å². The van der Waals surface area contributed by atoms with Gasteiger partial charge in [0.05, 0.1) is 18.9 Å². The molecular weight excluding hydrogens is 208 g/mol. The number of benzene rings is 1. The Morgan fingerprint density at radius 2 is 2.40 bits per heavy atom. The molecule has 0 radical (unpaired) electrons. The second kappa shape index (κ2) is 4.03. The molecule has 1 heterocycles. The summed E-state index contributed by atoms with van der Waals surface area (Å²) in [5.74, 6) is 1.68. The van der Waals surface area contributed by atoms with Crippen LogP contribution in [0.15, 0.2) is 23.1 Å². The molecule has 1 aromatic rings. The van der Waals surface area contributed by atoms with Gasteiger partial charge in [-0.1, -0.05) is 0 Å². The van der Waals surface area contributed by atoms with Crippen LogP contribution in [-0.2, 0) is 0 Å². The molecule has 0 spiro atoms. The Bertz CT molecular complexity index is 414.